The first-order valence-electron chi connectivity index (χ1n) is 6.91. The molecule has 1 aromatic carbocycles. The van der Waals surface area contributed by atoms with Crippen molar-refractivity contribution in [3.05, 3.63) is 29.8 Å². The Morgan fingerprint density at radius 2 is 1.70 bits per heavy atom. The maximum atomic E-state index is 12.0. The summed E-state index contributed by atoms with van der Waals surface area (Å²) >= 11 is 0. The molecule has 1 rings (SSSR count). The van der Waals surface area contributed by atoms with Crippen LogP contribution in [0.4, 0.5) is 5.69 Å². The van der Waals surface area contributed by atoms with Gasteiger partial charge in [0.2, 0.25) is 11.8 Å². The first kappa shape index (κ1) is 16.2. The number of hydrogen-bond donors (Lipinski definition) is 1. The molecule has 1 aromatic rings. The van der Waals surface area contributed by atoms with Crippen molar-refractivity contribution in [2.75, 3.05) is 11.9 Å². The van der Waals surface area contributed by atoms with Crippen molar-refractivity contribution in [2.24, 2.45) is 0 Å². The summed E-state index contributed by atoms with van der Waals surface area (Å²) < 4.78 is 0. The molecular weight excluding hydrogens is 252 g/mol. The molecule has 0 saturated carbocycles. The van der Waals surface area contributed by atoms with E-state index in [9.17, 15) is 9.59 Å². The van der Waals surface area contributed by atoms with Gasteiger partial charge in [0.15, 0.2) is 0 Å². The lowest BCUT2D eigenvalue weighted by Crippen LogP contribution is -2.48. The molecule has 0 bridgehead atoms. The molecule has 0 radical (unpaired) electrons. The Morgan fingerprint density at radius 1 is 1.15 bits per heavy atom. The monoisotopic (exact) mass is 276 g/mol. The largest absolute Gasteiger partial charge is 0.329 e. The molecule has 0 saturated heterocycles. The molecule has 2 amide bonds. The third kappa shape index (κ3) is 4.68. The van der Waals surface area contributed by atoms with Crippen LogP contribution < -0.4 is 5.32 Å². The zero-order valence-corrected chi connectivity index (χ0v) is 13.0. The van der Waals surface area contributed by atoms with Crippen LogP contribution in [0.15, 0.2) is 24.3 Å². The summed E-state index contributed by atoms with van der Waals surface area (Å²) in [7, 11) is 0. The number of benzene rings is 1. The Balaban J connectivity index is 2.68. The Hall–Kier alpha value is -1.84. The SMILES string of the molecule is CCc1ccc(NC(=O)CN(C(C)=O)C(C)(C)C)cc1. The number of anilines is 1. The Morgan fingerprint density at radius 3 is 2.10 bits per heavy atom. The molecule has 0 heterocycles. The second-order valence-corrected chi connectivity index (χ2v) is 5.87. The van der Waals surface area contributed by atoms with Gasteiger partial charge < -0.3 is 10.2 Å². The van der Waals surface area contributed by atoms with Crippen LogP contribution in [0.25, 0.3) is 0 Å². The van der Waals surface area contributed by atoms with Gasteiger partial charge in [0, 0.05) is 18.2 Å². The van der Waals surface area contributed by atoms with Gasteiger partial charge in [-0.2, -0.15) is 0 Å². The lowest BCUT2D eigenvalue weighted by molar-refractivity contribution is -0.137. The lowest BCUT2D eigenvalue weighted by Gasteiger charge is -2.34. The molecule has 4 nitrogen and oxygen atoms in total. The third-order valence-corrected chi connectivity index (χ3v) is 3.14. The number of aryl methyl sites for hydroxylation is 1. The molecule has 0 fully saturated rings. The van der Waals surface area contributed by atoms with E-state index < -0.39 is 0 Å². The van der Waals surface area contributed by atoms with Crippen LogP contribution in [0.5, 0.6) is 0 Å². The predicted molar refractivity (Wildman–Crippen MR) is 81.6 cm³/mol. The fourth-order valence-corrected chi connectivity index (χ4v) is 1.99. The molecule has 0 spiro atoms. The molecule has 0 aromatic heterocycles. The maximum absolute atomic E-state index is 12.0. The Kier molecular flexibility index (Phi) is 5.31. The van der Waals surface area contributed by atoms with Gasteiger partial charge in [-0.25, -0.2) is 0 Å². The second kappa shape index (κ2) is 6.55. The van der Waals surface area contributed by atoms with Gasteiger partial charge in [-0.05, 0) is 44.9 Å². The van der Waals surface area contributed by atoms with E-state index in [1.54, 1.807) is 4.90 Å². The number of nitrogens with one attached hydrogen (secondary N) is 1. The quantitative estimate of drug-likeness (QED) is 0.919. The van der Waals surface area contributed by atoms with E-state index in [2.05, 4.69) is 12.2 Å². The maximum Gasteiger partial charge on any atom is 0.244 e. The molecule has 0 aliphatic heterocycles. The smallest absolute Gasteiger partial charge is 0.244 e. The average molecular weight is 276 g/mol. The highest BCUT2D eigenvalue weighted by molar-refractivity contribution is 5.94. The fourth-order valence-electron chi connectivity index (χ4n) is 1.99. The minimum Gasteiger partial charge on any atom is -0.329 e. The van der Waals surface area contributed by atoms with E-state index in [4.69, 9.17) is 0 Å². The van der Waals surface area contributed by atoms with E-state index in [1.807, 2.05) is 45.0 Å². The number of rotatable bonds is 4. The number of carbonyl (C=O) groups is 2. The second-order valence-electron chi connectivity index (χ2n) is 5.87. The first-order chi connectivity index (χ1) is 9.24. The van der Waals surface area contributed by atoms with Crippen molar-refractivity contribution < 1.29 is 9.59 Å². The standard InChI is InChI=1S/C16H24N2O2/c1-6-13-7-9-14(10-8-13)17-15(20)11-18(12(2)19)16(3,4)5/h7-10H,6,11H2,1-5H3,(H,17,20). The van der Waals surface area contributed by atoms with Gasteiger partial charge in [0.25, 0.3) is 0 Å². The molecule has 0 unspecified atom stereocenters. The van der Waals surface area contributed by atoms with Crippen LogP contribution in [-0.4, -0.2) is 28.8 Å². The van der Waals surface area contributed by atoms with Crippen molar-refractivity contribution in [1.82, 2.24) is 4.90 Å². The number of amides is 2. The summed E-state index contributed by atoms with van der Waals surface area (Å²) in [5, 5.41) is 2.82. The first-order valence-corrected chi connectivity index (χ1v) is 6.91. The number of carbonyl (C=O) groups excluding carboxylic acids is 2. The Labute approximate surface area is 121 Å². The van der Waals surface area contributed by atoms with E-state index in [-0.39, 0.29) is 23.9 Å². The molecule has 4 heteroatoms. The molecule has 0 aliphatic carbocycles. The van der Waals surface area contributed by atoms with Crippen molar-refractivity contribution >= 4 is 17.5 Å². The minimum absolute atomic E-state index is 0.0639. The minimum atomic E-state index is -0.366. The highest BCUT2D eigenvalue weighted by atomic mass is 16.2. The van der Waals surface area contributed by atoms with Crippen LogP contribution in [-0.2, 0) is 16.0 Å². The fraction of sp³-hybridized carbons (Fsp3) is 0.500. The average Bonchev–Trinajstić information content (AvgIpc) is 2.35. The highest BCUT2D eigenvalue weighted by Crippen LogP contribution is 2.14. The molecule has 1 N–H and O–H groups in total. The van der Waals surface area contributed by atoms with Crippen LogP contribution in [0.3, 0.4) is 0 Å². The van der Waals surface area contributed by atoms with Gasteiger partial charge in [-0.15, -0.1) is 0 Å². The third-order valence-electron chi connectivity index (χ3n) is 3.14. The highest BCUT2D eigenvalue weighted by Gasteiger charge is 2.25. The van der Waals surface area contributed by atoms with E-state index in [0.717, 1.165) is 12.1 Å². The molecular formula is C16H24N2O2. The van der Waals surface area contributed by atoms with Crippen LogP contribution >= 0.6 is 0 Å². The number of hydrogen-bond acceptors (Lipinski definition) is 2. The van der Waals surface area contributed by atoms with Gasteiger partial charge in [0.1, 0.15) is 6.54 Å². The van der Waals surface area contributed by atoms with Crippen molar-refractivity contribution in [2.45, 2.75) is 46.6 Å². The summed E-state index contributed by atoms with van der Waals surface area (Å²) in [6.07, 6.45) is 0.969. The van der Waals surface area contributed by atoms with E-state index in [1.165, 1.54) is 12.5 Å². The molecule has 20 heavy (non-hydrogen) atoms. The van der Waals surface area contributed by atoms with Crippen LogP contribution in [0.1, 0.15) is 40.2 Å². The van der Waals surface area contributed by atoms with Crippen molar-refractivity contribution in [1.29, 1.82) is 0 Å². The van der Waals surface area contributed by atoms with Gasteiger partial charge in [-0.3, -0.25) is 9.59 Å². The summed E-state index contributed by atoms with van der Waals surface area (Å²) in [4.78, 5) is 25.2. The zero-order chi connectivity index (χ0) is 15.3. The normalized spacial score (nSPS) is 11.1. The summed E-state index contributed by atoms with van der Waals surface area (Å²) in [6.45, 7) is 9.37. The predicted octanol–water partition coefficient (Wildman–Crippen LogP) is 2.83. The number of nitrogens with zero attached hydrogens (tertiary/aromatic N) is 1. The molecule has 0 atom stereocenters. The summed E-state index contributed by atoms with van der Waals surface area (Å²) in [5.41, 5.74) is 1.61. The van der Waals surface area contributed by atoms with E-state index in [0.29, 0.717) is 0 Å². The summed E-state index contributed by atoms with van der Waals surface area (Å²) in [5.74, 6) is -0.284. The molecule has 0 aliphatic rings. The van der Waals surface area contributed by atoms with Crippen LogP contribution in [0, 0.1) is 0 Å². The van der Waals surface area contributed by atoms with Gasteiger partial charge in [0.05, 0.1) is 0 Å². The van der Waals surface area contributed by atoms with Gasteiger partial charge >= 0.3 is 0 Å². The van der Waals surface area contributed by atoms with E-state index >= 15 is 0 Å². The Bertz CT molecular complexity index is 472. The van der Waals surface area contributed by atoms with Crippen molar-refractivity contribution in [3.8, 4) is 0 Å². The zero-order valence-electron chi connectivity index (χ0n) is 13.0. The van der Waals surface area contributed by atoms with Crippen LogP contribution in [0.2, 0.25) is 0 Å². The van der Waals surface area contributed by atoms with Gasteiger partial charge in [-0.1, -0.05) is 19.1 Å². The summed E-state index contributed by atoms with van der Waals surface area (Å²) in [6, 6.07) is 7.74. The molecule has 110 valence electrons. The lowest BCUT2D eigenvalue weighted by atomic mass is 10.1. The van der Waals surface area contributed by atoms with Crippen molar-refractivity contribution in [3.63, 3.8) is 0 Å². The topological polar surface area (TPSA) is 49.4 Å².